The van der Waals surface area contributed by atoms with Crippen LogP contribution in [0.1, 0.15) is 46.1 Å². The second-order valence-electron chi connectivity index (χ2n) is 7.90. The number of nitrogens with zero attached hydrogens (tertiary/aromatic N) is 1. The number of carbonyl (C=O) groups is 3. The van der Waals surface area contributed by atoms with Crippen LogP contribution in [0.3, 0.4) is 0 Å². The molecule has 0 radical (unpaired) electrons. The van der Waals surface area contributed by atoms with Gasteiger partial charge in [0.1, 0.15) is 11.1 Å². The standard InChI is InChI=1S/C20H29N3O4/c1-15(24)22-20(17(25)21-14-16-8-6-5-7-9-16)10-12-23(13-11-20)18(26)27-19(2,3)4/h5-9H,10-14H2,1-4H3,(H,21,25)(H,22,24). The van der Waals surface area contributed by atoms with E-state index in [0.29, 0.717) is 32.5 Å². The van der Waals surface area contributed by atoms with Gasteiger partial charge in [0.25, 0.3) is 0 Å². The highest BCUT2D eigenvalue weighted by molar-refractivity contribution is 5.91. The molecule has 7 heteroatoms. The van der Waals surface area contributed by atoms with Gasteiger partial charge in [-0.2, -0.15) is 0 Å². The number of carbonyl (C=O) groups excluding carboxylic acids is 3. The number of piperidine rings is 1. The number of benzene rings is 1. The second kappa shape index (κ2) is 8.41. The van der Waals surface area contributed by atoms with Gasteiger partial charge in [-0.3, -0.25) is 9.59 Å². The molecule has 1 aliphatic heterocycles. The molecule has 0 aliphatic carbocycles. The normalized spacial score (nSPS) is 16.4. The highest BCUT2D eigenvalue weighted by Crippen LogP contribution is 2.24. The third kappa shape index (κ3) is 5.98. The fourth-order valence-electron chi connectivity index (χ4n) is 3.09. The molecule has 1 saturated heterocycles. The summed E-state index contributed by atoms with van der Waals surface area (Å²) in [6, 6.07) is 9.58. The Morgan fingerprint density at radius 3 is 2.22 bits per heavy atom. The van der Waals surface area contributed by atoms with Gasteiger partial charge in [-0.05, 0) is 39.2 Å². The van der Waals surface area contributed by atoms with Gasteiger partial charge >= 0.3 is 6.09 Å². The Balaban J connectivity index is 2.01. The van der Waals surface area contributed by atoms with Crippen molar-refractivity contribution in [1.29, 1.82) is 0 Å². The van der Waals surface area contributed by atoms with Crippen molar-refractivity contribution >= 4 is 17.9 Å². The number of likely N-dealkylation sites (tertiary alicyclic amines) is 1. The molecule has 1 aliphatic rings. The summed E-state index contributed by atoms with van der Waals surface area (Å²) < 4.78 is 5.39. The first-order valence-electron chi connectivity index (χ1n) is 9.20. The highest BCUT2D eigenvalue weighted by atomic mass is 16.6. The number of hydrogen-bond acceptors (Lipinski definition) is 4. The van der Waals surface area contributed by atoms with E-state index < -0.39 is 17.2 Å². The number of nitrogens with one attached hydrogen (secondary N) is 2. The fourth-order valence-corrected chi connectivity index (χ4v) is 3.09. The van der Waals surface area contributed by atoms with Crippen LogP contribution in [0.2, 0.25) is 0 Å². The summed E-state index contributed by atoms with van der Waals surface area (Å²) in [6.45, 7) is 7.90. The lowest BCUT2D eigenvalue weighted by molar-refractivity contribution is -0.135. The average molecular weight is 375 g/mol. The van der Waals surface area contributed by atoms with E-state index in [1.807, 2.05) is 51.1 Å². The molecule has 148 valence electrons. The summed E-state index contributed by atoms with van der Waals surface area (Å²) in [5.74, 6) is -0.499. The van der Waals surface area contributed by atoms with Gasteiger partial charge in [0.05, 0.1) is 0 Å². The van der Waals surface area contributed by atoms with Gasteiger partial charge in [0, 0.05) is 26.6 Å². The van der Waals surface area contributed by atoms with Gasteiger partial charge in [-0.25, -0.2) is 4.79 Å². The van der Waals surface area contributed by atoms with E-state index in [9.17, 15) is 14.4 Å². The van der Waals surface area contributed by atoms with Crippen molar-refractivity contribution in [3.63, 3.8) is 0 Å². The molecule has 1 fully saturated rings. The maximum Gasteiger partial charge on any atom is 0.410 e. The van der Waals surface area contributed by atoms with Crippen LogP contribution in [0.25, 0.3) is 0 Å². The van der Waals surface area contributed by atoms with Gasteiger partial charge in [-0.1, -0.05) is 30.3 Å². The highest BCUT2D eigenvalue weighted by Gasteiger charge is 2.43. The second-order valence-corrected chi connectivity index (χ2v) is 7.90. The molecule has 7 nitrogen and oxygen atoms in total. The molecule has 0 spiro atoms. The van der Waals surface area contributed by atoms with Gasteiger partial charge < -0.3 is 20.3 Å². The van der Waals surface area contributed by atoms with Crippen LogP contribution in [0.15, 0.2) is 30.3 Å². The molecule has 3 amide bonds. The third-order valence-corrected chi connectivity index (χ3v) is 4.41. The average Bonchev–Trinajstić information content (AvgIpc) is 2.59. The molecule has 0 saturated carbocycles. The van der Waals surface area contributed by atoms with Crippen LogP contribution < -0.4 is 10.6 Å². The molecule has 0 bridgehead atoms. The fraction of sp³-hybridized carbons (Fsp3) is 0.550. The maximum atomic E-state index is 12.9. The molecule has 0 atom stereocenters. The van der Waals surface area contributed by atoms with Crippen LogP contribution >= 0.6 is 0 Å². The minimum absolute atomic E-state index is 0.231. The Morgan fingerprint density at radius 2 is 1.70 bits per heavy atom. The van der Waals surface area contributed by atoms with Crippen molar-refractivity contribution in [2.45, 2.75) is 58.2 Å². The van der Waals surface area contributed by atoms with E-state index in [1.165, 1.54) is 6.92 Å². The molecule has 1 heterocycles. The summed E-state index contributed by atoms with van der Waals surface area (Å²) in [7, 11) is 0. The van der Waals surface area contributed by atoms with Crippen LogP contribution in [0, 0.1) is 0 Å². The van der Waals surface area contributed by atoms with Crippen LogP contribution in [0.5, 0.6) is 0 Å². The summed E-state index contributed by atoms with van der Waals surface area (Å²) in [5.41, 5.74) is -0.606. The zero-order valence-electron chi connectivity index (χ0n) is 16.5. The number of rotatable bonds is 4. The molecular weight excluding hydrogens is 346 g/mol. The van der Waals surface area contributed by atoms with Crippen LogP contribution in [-0.2, 0) is 20.9 Å². The first-order chi connectivity index (χ1) is 12.6. The monoisotopic (exact) mass is 375 g/mol. The van der Waals surface area contributed by atoms with Crippen molar-refractivity contribution in [2.75, 3.05) is 13.1 Å². The van der Waals surface area contributed by atoms with Crippen molar-refractivity contribution in [1.82, 2.24) is 15.5 Å². The molecule has 0 unspecified atom stereocenters. The number of amides is 3. The molecule has 2 N–H and O–H groups in total. The largest absolute Gasteiger partial charge is 0.444 e. The van der Waals surface area contributed by atoms with Crippen molar-refractivity contribution in [3.05, 3.63) is 35.9 Å². The molecule has 0 aromatic heterocycles. The van der Waals surface area contributed by atoms with Gasteiger partial charge in [0.2, 0.25) is 11.8 Å². The molecule has 1 aromatic carbocycles. The zero-order valence-corrected chi connectivity index (χ0v) is 16.5. The first-order valence-corrected chi connectivity index (χ1v) is 9.20. The lowest BCUT2D eigenvalue weighted by Crippen LogP contribution is -2.63. The maximum absolute atomic E-state index is 12.9. The molecule has 27 heavy (non-hydrogen) atoms. The Hall–Kier alpha value is -2.57. The number of ether oxygens (including phenoxy) is 1. The van der Waals surface area contributed by atoms with E-state index in [-0.39, 0.29) is 11.8 Å². The smallest absolute Gasteiger partial charge is 0.410 e. The zero-order chi connectivity index (χ0) is 20.1. The third-order valence-electron chi connectivity index (χ3n) is 4.41. The summed E-state index contributed by atoms with van der Waals surface area (Å²) in [4.78, 5) is 38.4. The Kier molecular flexibility index (Phi) is 6.46. The Bertz CT molecular complexity index is 674. The minimum Gasteiger partial charge on any atom is -0.444 e. The predicted molar refractivity (Wildman–Crippen MR) is 102 cm³/mol. The number of hydrogen-bond donors (Lipinski definition) is 2. The van der Waals surface area contributed by atoms with Crippen molar-refractivity contribution in [3.8, 4) is 0 Å². The van der Waals surface area contributed by atoms with Gasteiger partial charge in [0.15, 0.2) is 0 Å². The van der Waals surface area contributed by atoms with E-state index in [4.69, 9.17) is 4.74 Å². The topological polar surface area (TPSA) is 87.7 Å². The van der Waals surface area contributed by atoms with E-state index in [0.717, 1.165) is 5.56 Å². The van der Waals surface area contributed by atoms with E-state index in [2.05, 4.69) is 10.6 Å². The van der Waals surface area contributed by atoms with Crippen LogP contribution in [-0.4, -0.2) is 47.0 Å². The lowest BCUT2D eigenvalue weighted by atomic mass is 9.86. The van der Waals surface area contributed by atoms with Crippen molar-refractivity contribution < 1.29 is 19.1 Å². The SMILES string of the molecule is CC(=O)NC1(C(=O)NCc2ccccc2)CCN(C(=O)OC(C)(C)C)CC1. The summed E-state index contributed by atoms with van der Waals surface area (Å²) in [6.07, 6.45) is 0.280. The lowest BCUT2D eigenvalue weighted by Gasteiger charge is -2.41. The Labute approximate surface area is 160 Å². The molecule has 1 aromatic rings. The quantitative estimate of drug-likeness (QED) is 0.845. The van der Waals surface area contributed by atoms with E-state index >= 15 is 0 Å². The summed E-state index contributed by atoms with van der Waals surface area (Å²) >= 11 is 0. The predicted octanol–water partition coefficient (Wildman–Crippen LogP) is 2.21. The van der Waals surface area contributed by atoms with Crippen molar-refractivity contribution in [2.24, 2.45) is 0 Å². The summed E-state index contributed by atoms with van der Waals surface area (Å²) in [5, 5.41) is 5.72. The minimum atomic E-state index is -1.01. The first kappa shape index (κ1) is 20.7. The molecule has 2 rings (SSSR count). The van der Waals surface area contributed by atoms with Gasteiger partial charge in [-0.15, -0.1) is 0 Å². The van der Waals surface area contributed by atoms with Crippen LogP contribution in [0.4, 0.5) is 4.79 Å². The molecular formula is C20H29N3O4. The Morgan fingerprint density at radius 1 is 1.11 bits per heavy atom. The van der Waals surface area contributed by atoms with E-state index in [1.54, 1.807) is 4.90 Å².